The minimum absolute atomic E-state index is 0.0909. The Labute approximate surface area is 166 Å². The van der Waals surface area contributed by atoms with E-state index in [2.05, 4.69) is 10.3 Å². The molecule has 28 heavy (non-hydrogen) atoms. The zero-order valence-corrected chi connectivity index (χ0v) is 16.1. The molecule has 0 radical (unpaired) electrons. The van der Waals surface area contributed by atoms with Crippen LogP contribution in [0.25, 0.3) is 0 Å². The van der Waals surface area contributed by atoms with Gasteiger partial charge in [0.1, 0.15) is 32.4 Å². The average Bonchev–Trinajstić information content (AvgIpc) is 2.67. The number of amides is 1. The van der Waals surface area contributed by atoms with Crippen molar-refractivity contribution in [1.29, 1.82) is 0 Å². The first-order valence-electron chi connectivity index (χ1n) is 8.99. The summed E-state index contributed by atoms with van der Waals surface area (Å²) in [6, 6.07) is 9.26. The first-order valence-corrected chi connectivity index (χ1v) is 9.37. The van der Waals surface area contributed by atoms with Gasteiger partial charge in [0, 0.05) is 16.8 Å². The zero-order valence-electron chi connectivity index (χ0n) is 15.3. The quantitative estimate of drug-likeness (QED) is 0.803. The van der Waals surface area contributed by atoms with Gasteiger partial charge < -0.3 is 10.2 Å². The van der Waals surface area contributed by atoms with Crippen molar-refractivity contribution >= 4 is 29.0 Å². The van der Waals surface area contributed by atoms with Crippen molar-refractivity contribution in [1.82, 2.24) is 0 Å². The fourth-order valence-electron chi connectivity index (χ4n) is 3.26. The molecule has 0 spiro atoms. The zero-order chi connectivity index (χ0) is 20.3. The molecule has 1 atom stereocenters. The number of rotatable bonds is 4. The molecule has 0 unspecified atom stereocenters. The molecule has 1 aromatic heterocycles. The van der Waals surface area contributed by atoms with Crippen LogP contribution in [0.15, 0.2) is 42.6 Å². The maximum Gasteiger partial charge on any atom is 0.419 e. The first-order chi connectivity index (χ1) is 13.2. The lowest BCUT2D eigenvalue weighted by molar-refractivity contribution is -0.914. The normalized spacial score (nSPS) is 16.7. The lowest BCUT2D eigenvalue weighted by Crippen LogP contribution is -3.19. The molecule has 150 valence electrons. The van der Waals surface area contributed by atoms with E-state index in [0.717, 1.165) is 17.2 Å². The Kier molecular flexibility index (Phi) is 6.10. The Hall–Kier alpha value is -2.32. The molecule has 1 aliphatic heterocycles. The highest BCUT2D eigenvalue weighted by molar-refractivity contribution is 6.30. The monoisotopic (exact) mass is 414 g/mol. The van der Waals surface area contributed by atoms with Crippen molar-refractivity contribution in [3.63, 3.8) is 0 Å². The number of nitrogens with one attached hydrogen (secondary N) is 3. The molecule has 1 saturated heterocycles. The van der Waals surface area contributed by atoms with Gasteiger partial charge in [-0.3, -0.25) is 9.69 Å². The highest BCUT2D eigenvalue weighted by Gasteiger charge is 2.34. The summed E-state index contributed by atoms with van der Waals surface area (Å²) in [6.45, 7) is 4.57. The van der Waals surface area contributed by atoms with Crippen molar-refractivity contribution in [2.24, 2.45) is 0 Å². The third-order valence-corrected chi connectivity index (χ3v) is 5.20. The van der Waals surface area contributed by atoms with Gasteiger partial charge >= 0.3 is 6.18 Å². The molecular formula is C19H22ClF3N4O+2. The molecule has 0 saturated carbocycles. The van der Waals surface area contributed by atoms with Gasteiger partial charge in [-0.25, -0.2) is 4.98 Å². The number of hydrogen-bond donors (Lipinski definition) is 2. The lowest BCUT2D eigenvalue weighted by Gasteiger charge is -2.31. The van der Waals surface area contributed by atoms with Crippen molar-refractivity contribution in [3.05, 3.63) is 53.2 Å². The van der Waals surface area contributed by atoms with Gasteiger partial charge in [-0.1, -0.05) is 17.7 Å². The molecule has 1 amide bonds. The Morgan fingerprint density at radius 1 is 1.25 bits per heavy atom. The summed E-state index contributed by atoms with van der Waals surface area (Å²) in [7, 11) is 0. The SMILES string of the molecule is C[C@@H](C(=O)Nc1cccc(Cl)c1)[NH+]1CCN(c2ccc(C(F)(F)F)c[nH+]2)CC1. The second-order valence-corrected chi connectivity index (χ2v) is 7.26. The van der Waals surface area contributed by atoms with Gasteiger partial charge in [-0.15, -0.1) is 0 Å². The van der Waals surface area contributed by atoms with Crippen LogP contribution in [0, 0.1) is 0 Å². The summed E-state index contributed by atoms with van der Waals surface area (Å²) in [5, 5.41) is 3.43. The van der Waals surface area contributed by atoms with Crippen LogP contribution in [0.2, 0.25) is 5.02 Å². The molecule has 3 rings (SSSR count). The number of halogens is 4. The van der Waals surface area contributed by atoms with Crippen molar-refractivity contribution in [2.45, 2.75) is 19.1 Å². The number of alkyl halides is 3. The van der Waals surface area contributed by atoms with Crippen LogP contribution in [0.1, 0.15) is 12.5 Å². The van der Waals surface area contributed by atoms with E-state index in [1.807, 2.05) is 11.8 Å². The van der Waals surface area contributed by atoms with Crippen molar-refractivity contribution in [3.8, 4) is 0 Å². The fraction of sp³-hybridized carbons (Fsp3) is 0.368. The third kappa shape index (κ3) is 4.94. The number of hydrogen-bond acceptors (Lipinski definition) is 2. The summed E-state index contributed by atoms with van der Waals surface area (Å²) in [4.78, 5) is 18.3. The van der Waals surface area contributed by atoms with E-state index in [9.17, 15) is 18.0 Å². The summed E-state index contributed by atoms with van der Waals surface area (Å²) in [5.41, 5.74) is -0.0476. The predicted octanol–water partition coefficient (Wildman–Crippen LogP) is 1.91. The van der Waals surface area contributed by atoms with Crippen molar-refractivity contribution in [2.75, 3.05) is 36.4 Å². The fourth-order valence-corrected chi connectivity index (χ4v) is 3.45. The van der Waals surface area contributed by atoms with Crippen molar-refractivity contribution < 1.29 is 27.8 Å². The second-order valence-electron chi connectivity index (χ2n) is 6.83. The number of anilines is 2. The van der Waals surface area contributed by atoms with E-state index < -0.39 is 11.7 Å². The van der Waals surface area contributed by atoms with E-state index in [-0.39, 0.29) is 11.9 Å². The summed E-state index contributed by atoms with van der Waals surface area (Å²) < 4.78 is 38.0. The minimum Gasteiger partial charge on any atom is -0.321 e. The van der Waals surface area contributed by atoms with E-state index in [1.165, 1.54) is 6.07 Å². The van der Waals surface area contributed by atoms with E-state index in [0.29, 0.717) is 42.7 Å². The van der Waals surface area contributed by atoms with Crippen LogP contribution < -0.4 is 20.1 Å². The maximum absolute atomic E-state index is 12.7. The molecule has 2 aromatic rings. The molecule has 1 aromatic carbocycles. The Balaban J connectivity index is 1.55. The van der Waals surface area contributed by atoms with Crippen LogP contribution in [0.3, 0.4) is 0 Å². The number of carbonyl (C=O) groups excluding carboxylic acids is 1. The predicted molar refractivity (Wildman–Crippen MR) is 100 cm³/mol. The van der Waals surface area contributed by atoms with Gasteiger partial charge in [0.15, 0.2) is 6.04 Å². The van der Waals surface area contributed by atoms with E-state index >= 15 is 0 Å². The van der Waals surface area contributed by atoms with Gasteiger partial charge in [0.05, 0.1) is 5.56 Å². The largest absolute Gasteiger partial charge is 0.419 e. The van der Waals surface area contributed by atoms with Gasteiger partial charge in [0.25, 0.3) is 11.7 Å². The number of pyridine rings is 1. The maximum atomic E-state index is 12.7. The molecule has 1 fully saturated rings. The number of carbonyl (C=O) groups is 1. The molecule has 5 nitrogen and oxygen atoms in total. The number of H-pyrrole nitrogens is 1. The number of nitrogens with zero attached hydrogens (tertiary/aromatic N) is 1. The van der Waals surface area contributed by atoms with Gasteiger partial charge in [-0.05, 0) is 31.2 Å². The summed E-state index contributed by atoms with van der Waals surface area (Å²) in [5.74, 6) is 0.551. The number of piperazine rings is 1. The molecule has 0 bridgehead atoms. The highest BCUT2D eigenvalue weighted by Crippen LogP contribution is 2.28. The first kappa shape index (κ1) is 20.4. The summed E-state index contributed by atoms with van der Waals surface area (Å²) >= 11 is 5.94. The number of aromatic amines is 1. The average molecular weight is 415 g/mol. The van der Waals surface area contributed by atoms with Gasteiger partial charge in [-0.2, -0.15) is 13.2 Å². The Morgan fingerprint density at radius 3 is 2.54 bits per heavy atom. The van der Waals surface area contributed by atoms with Gasteiger partial charge in [0.2, 0.25) is 0 Å². The smallest absolute Gasteiger partial charge is 0.321 e. The lowest BCUT2D eigenvalue weighted by atomic mass is 10.2. The van der Waals surface area contributed by atoms with Crippen LogP contribution >= 0.6 is 11.6 Å². The second kappa shape index (κ2) is 8.36. The molecular weight excluding hydrogens is 393 g/mol. The topological polar surface area (TPSA) is 50.9 Å². The van der Waals surface area contributed by atoms with Crippen LogP contribution in [-0.4, -0.2) is 38.1 Å². The standard InChI is InChI=1S/C19H20ClF3N4O/c1-13(18(28)25-16-4-2-3-15(20)11-16)26-7-9-27(10-8-26)17-6-5-14(12-24-17)19(21,22)23/h2-6,11-13H,7-10H2,1H3,(H,25,28)/p+2/t13-/m0/s1. The van der Waals surface area contributed by atoms with Crippen LogP contribution in [0.5, 0.6) is 0 Å². The molecule has 1 aliphatic rings. The summed E-state index contributed by atoms with van der Waals surface area (Å²) in [6.07, 6.45) is -3.38. The molecule has 0 aliphatic carbocycles. The number of benzene rings is 1. The molecule has 2 heterocycles. The molecule has 9 heteroatoms. The minimum atomic E-state index is -4.36. The van der Waals surface area contributed by atoms with Crippen LogP contribution in [0.4, 0.5) is 24.7 Å². The highest BCUT2D eigenvalue weighted by atomic mass is 35.5. The van der Waals surface area contributed by atoms with E-state index in [4.69, 9.17) is 11.6 Å². The number of aromatic nitrogens is 1. The Morgan fingerprint density at radius 2 is 1.96 bits per heavy atom. The Bertz CT molecular complexity index is 821. The third-order valence-electron chi connectivity index (χ3n) is 4.97. The van der Waals surface area contributed by atoms with Crippen LogP contribution in [-0.2, 0) is 11.0 Å². The van der Waals surface area contributed by atoms with E-state index in [1.54, 1.807) is 24.3 Å². The number of quaternary nitrogens is 1. The molecule has 3 N–H and O–H groups in total.